The number of primary amides is 1. The van der Waals surface area contributed by atoms with Crippen molar-refractivity contribution in [1.29, 1.82) is 0 Å². The Hall–Kier alpha value is -1.51. The highest BCUT2D eigenvalue weighted by molar-refractivity contribution is 5.84. The highest BCUT2D eigenvalue weighted by Gasteiger charge is 2.26. The second-order valence-corrected chi connectivity index (χ2v) is 4.59. The molecule has 0 radical (unpaired) electrons. The van der Waals surface area contributed by atoms with Gasteiger partial charge in [0.25, 0.3) is 0 Å². The molecule has 2 N–H and O–H groups in total. The van der Waals surface area contributed by atoms with Gasteiger partial charge in [0.15, 0.2) is 0 Å². The van der Waals surface area contributed by atoms with E-state index in [0.29, 0.717) is 0 Å². The van der Waals surface area contributed by atoms with Crippen LogP contribution in [0.25, 0.3) is 0 Å². The first kappa shape index (κ1) is 11.0. The van der Waals surface area contributed by atoms with Gasteiger partial charge in [-0.3, -0.25) is 4.79 Å². The summed E-state index contributed by atoms with van der Waals surface area (Å²) in [5.74, 6) is -0.258. The molecule has 16 heavy (non-hydrogen) atoms. The number of nitrogens with zero attached hydrogens (tertiary/aromatic N) is 1. The van der Waals surface area contributed by atoms with Crippen molar-refractivity contribution < 1.29 is 4.79 Å². The van der Waals surface area contributed by atoms with Gasteiger partial charge < -0.3 is 10.6 Å². The third kappa shape index (κ3) is 1.66. The van der Waals surface area contributed by atoms with Crippen LogP contribution in [0, 0.1) is 13.8 Å². The Morgan fingerprint density at radius 2 is 2.00 bits per heavy atom. The van der Waals surface area contributed by atoms with E-state index < -0.39 is 0 Å². The molecule has 1 aromatic carbocycles. The Bertz CT molecular complexity index is 440. The maximum atomic E-state index is 11.2. The van der Waals surface area contributed by atoms with Crippen LogP contribution in [-0.4, -0.2) is 18.5 Å². The second-order valence-electron chi connectivity index (χ2n) is 4.59. The van der Waals surface area contributed by atoms with E-state index in [9.17, 15) is 4.79 Å². The first-order chi connectivity index (χ1) is 7.50. The molecule has 0 aliphatic carbocycles. The van der Waals surface area contributed by atoms with Gasteiger partial charge in [-0.2, -0.15) is 0 Å². The summed E-state index contributed by atoms with van der Waals surface area (Å²) in [5.41, 5.74) is 10.4. The fourth-order valence-corrected chi connectivity index (χ4v) is 2.25. The second kappa shape index (κ2) is 3.81. The summed E-state index contributed by atoms with van der Waals surface area (Å²) in [6.07, 6.45) is 1.01. The van der Waals surface area contributed by atoms with E-state index in [1.807, 2.05) is 6.92 Å². The minimum Gasteiger partial charge on any atom is -0.368 e. The van der Waals surface area contributed by atoms with Crippen molar-refractivity contribution in [2.75, 3.05) is 11.4 Å². The fourth-order valence-electron chi connectivity index (χ4n) is 2.25. The summed E-state index contributed by atoms with van der Waals surface area (Å²) in [6.45, 7) is 6.98. The van der Waals surface area contributed by atoms with Crippen LogP contribution in [0.3, 0.4) is 0 Å². The number of rotatable bonds is 2. The van der Waals surface area contributed by atoms with Crippen molar-refractivity contribution in [2.45, 2.75) is 33.2 Å². The molecule has 0 bridgehead atoms. The zero-order valence-corrected chi connectivity index (χ0v) is 10.1. The van der Waals surface area contributed by atoms with Gasteiger partial charge in [-0.25, -0.2) is 0 Å². The Balaban J connectivity index is 2.39. The number of nitrogens with two attached hydrogens (primary N) is 1. The average molecular weight is 218 g/mol. The lowest BCUT2D eigenvalue weighted by atomic mass is 10.0. The molecule has 1 aliphatic heterocycles. The Labute approximate surface area is 96.2 Å². The van der Waals surface area contributed by atoms with Gasteiger partial charge in [0.1, 0.15) is 6.04 Å². The van der Waals surface area contributed by atoms with Gasteiger partial charge in [-0.1, -0.05) is 6.07 Å². The zero-order valence-electron chi connectivity index (χ0n) is 10.1. The summed E-state index contributed by atoms with van der Waals surface area (Å²) in [5, 5.41) is 0. The largest absolute Gasteiger partial charge is 0.368 e. The first-order valence-electron chi connectivity index (χ1n) is 5.67. The molecule has 86 valence electrons. The van der Waals surface area contributed by atoms with Crippen LogP contribution in [-0.2, 0) is 11.2 Å². The van der Waals surface area contributed by atoms with Crippen molar-refractivity contribution in [3.63, 3.8) is 0 Å². The SMILES string of the molecule is Cc1cc2c(cc1C)N(C(C)C(N)=O)CC2. The van der Waals surface area contributed by atoms with Gasteiger partial charge in [0, 0.05) is 12.2 Å². The van der Waals surface area contributed by atoms with Gasteiger partial charge in [-0.15, -0.1) is 0 Å². The number of amides is 1. The zero-order chi connectivity index (χ0) is 11.9. The summed E-state index contributed by atoms with van der Waals surface area (Å²) in [7, 11) is 0. The third-order valence-corrected chi connectivity index (χ3v) is 3.51. The summed E-state index contributed by atoms with van der Waals surface area (Å²) in [4.78, 5) is 13.3. The molecule has 1 aromatic rings. The molecule has 3 heteroatoms. The third-order valence-electron chi connectivity index (χ3n) is 3.51. The van der Waals surface area contributed by atoms with E-state index in [1.165, 1.54) is 22.4 Å². The molecular formula is C13H18N2O. The minimum absolute atomic E-state index is 0.219. The van der Waals surface area contributed by atoms with Crippen LogP contribution in [0.5, 0.6) is 0 Å². The highest BCUT2D eigenvalue weighted by atomic mass is 16.1. The first-order valence-corrected chi connectivity index (χ1v) is 5.67. The number of fused-ring (bicyclic) bond motifs is 1. The van der Waals surface area contributed by atoms with Crippen molar-refractivity contribution in [3.8, 4) is 0 Å². The Morgan fingerprint density at radius 1 is 1.38 bits per heavy atom. The Kier molecular flexibility index (Phi) is 2.62. The summed E-state index contributed by atoms with van der Waals surface area (Å²) < 4.78 is 0. The molecule has 1 amide bonds. The number of carbonyl (C=O) groups is 1. The maximum Gasteiger partial charge on any atom is 0.239 e. The quantitative estimate of drug-likeness (QED) is 0.818. The van der Waals surface area contributed by atoms with Crippen molar-refractivity contribution in [2.24, 2.45) is 5.73 Å². The van der Waals surface area contributed by atoms with E-state index in [0.717, 1.165) is 13.0 Å². The molecule has 0 saturated carbocycles. The van der Waals surface area contributed by atoms with E-state index in [1.54, 1.807) is 0 Å². The lowest BCUT2D eigenvalue weighted by Gasteiger charge is -2.25. The number of hydrogen-bond donors (Lipinski definition) is 1. The van der Waals surface area contributed by atoms with E-state index >= 15 is 0 Å². The van der Waals surface area contributed by atoms with Crippen LogP contribution in [0.4, 0.5) is 5.69 Å². The van der Waals surface area contributed by atoms with Gasteiger partial charge >= 0.3 is 0 Å². The molecule has 0 saturated heterocycles. The van der Waals surface area contributed by atoms with Crippen LogP contribution in [0.1, 0.15) is 23.6 Å². The van der Waals surface area contributed by atoms with Crippen LogP contribution in [0.2, 0.25) is 0 Å². The van der Waals surface area contributed by atoms with Crippen LogP contribution < -0.4 is 10.6 Å². The molecule has 0 aromatic heterocycles. The molecular weight excluding hydrogens is 200 g/mol. The minimum atomic E-state index is -0.258. The molecule has 1 atom stereocenters. The smallest absolute Gasteiger partial charge is 0.239 e. The molecule has 3 nitrogen and oxygen atoms in total. The molecule has 2 rings (SSSR count). The topological polar surface area (TPSA) is 46.3 Å². The van der Waals surface area contributed by atoms with Crippen molar-refractivity contribution in [1.82, 2.24) is 0 Å². The van der Waals surface area contributed by atoms with Gasteiger partial charge in [0.2, 0.25) is 5.91 Å². The molecule has 0 fully saturated rings. The number of anilines is 1. The van der Waals surface area contributed by atoms with Gasteiger partial charge in [-0.05, 0) is 49.9 Å². The number of benzene rings is 1. The molecule has 0 spiro atoms. The number of carbonyl (C=O) groups excluding carboxylic acids is 1. The van der Waals surface area contributed by atoms with Crippen LogP contribution >= 0.6 is 0 Å². The average Bonchev–Trinajstić information content (AvgIpc) is 2.60. The van der Waals surface area contributed by atoms with E-state index in [-0.39, 0.29) is 11.9 Å². The van der Waals surface area contributed by atoms with Gasteiger partial charge in [0.05, 0.1) is 0 Å². The van der Waals surface area contributed by atoms with E-state index in [4.69, 9.17) is 5.73 Å². The normalized spacial score (nSPS) is 16.1. The lowest BCUT2D eigenvalue weighted by molar-refractivity contribution is -0.118. The molecule has 1 unspecified atom stereocenters. The van der Waals surface area contributed by atoms with Crippen molar-refractivity contribution in [3.05, 3.63) is 28.8 Å². The number of aryl methyl sites for hydroxylation is 2. The monoisotopic (exact) mass is 218 g/mol. The fraction of sp³-hybridized carbons (Fsp3) is 0.462. The predicted molar refractivity (Wildman–Crippen MR) is 65.6 cm³/mol. The standard InChI is InChI=1S/C13H18N2O/c1-8-6-11-4-5-15(10(3)13(14)16)12(11)7-9(8)2/h6-7,10H,4-5H2,1-3H3,(H2,14,16). The lowest BCUT2D eigenvalue weighted by Crippen LogP contribution is -2.41. The predicted octanol–water partition coefficient (Wildman–Crippen LogP) is 1.54. The molecule has 1 aliphatic rings. The maximum absolute atomic E-state index is 11.2. The summed E-state index contributed by atoms with van der Waals surface area (Å²) in [6, 6.07) is 4.17. The highest BCUT2D eigenvalue weighted by Crippen LogP contribution is 2.31. The molecule has 1 heterocycles. The van der Waals surface area contributed by atoms with E-state index in [2.05, 4.69) is 30.9 Å². The van der Waals surface area contributed by atoms with Crippen LogP contribution in [0.15, 0.2) is 12.1 Å². The Morgan fingerprint density at radius 3 is 2.62 bits per heavy atom. The van der Waals surface area contributed by atoms with Crippen molar-refractivity contribution >= 4 is 11.6 Å². The summed E-state index contributed by atoms with van der Waals surface area (Å²) >= 11 is 0. The number of hydrogen-bond acceptors (Lipinski definition) is 2.